The van der Waals surface area contributed by atoms with Crippen molar-refractivity contribution in [2.45, 2.75) is 5.88 Å². The topological polar surface area (TPSA) is 45.9 Å². The van der Waals surface area contributed by atoms with Gasteiger partial charge in [0.15, 0.2) is 0 Å². The molecule has 0 aliphatic heterocycles. The average Bonchev–Trinajstić information content (AvgIpc) is 2.40. The Hall–Kier alpha value is -2.12. The third-order valence-electron chi connectivity index (χ3n) is 2.25. The molecule has 1 aromatic carbocycles. The third-order valence-corrected chi connectivity index (χ3v) is 2.56. The Morgan fingerprint density at radius 2 is 2.17 bits per heavy atom. The Balaban J connectivity index is 2.28. The first-order chi connectivity index (χ1) is 8.74. The smallest absolute Gasteiger partial charge is 0.219 e. The van der Waals surface area contributed by atoms with Crippen molar-refractivity contribution < 1.29 is 9.13 Å². The summed E-state index contributed by atoms with van der Waals surface area (Å²) in [6.45, 7) is 0. The summed E-state index contributed by atoms with van der Waals surface area (Å²) in [5, 5.41) is 8.85. The molecule has 3 nitrogen and oxygen atoms in total. The highest BCUT2D eigenvalue weighted by Crippen LogP contribution is 2.25. The van der Waals surface area contributed by atoms with Crippen molar-refractivity contribution >= 4 is 11.6 Å². The molecule has 0 fully saturated rings. The van der Waals surface area contributed by atoms with E-state index in [9.17, 15) is 4.39 Å². The summed E-state index contributed by atoms with van der Waals surface area (Å²) in [7, 11) is 0. The second kappa shape index (κ2) is 5.48. The van der Waals surface area contributed by atoms with E-state index >= 15 is 0 Å². The van der Waals surface area contributed by atoms with Crippen molar-refractivity contribution in [3.63, 3.8) is 0 Å². The first kappa shape index (κ1) is 12.3. The van der Waals surface area contributed by atoms with Gasteiger partial charge < -0.3 is 4.74 Å². The van der Waals surface area contributed by atoms with Crippen molar-refractivity contribution in [1.82, 2.24) is 4.98 Å². The predicted octanol–water partition coefficient (Wildman–Crippen LogP) is 3.62. The number of pyridine rings is 1. The molecule has 0 aliphatic carbocycles. The summed E-state index contributed by atoms with van der Waals surface area (Å²) in [6, 6.07) is 9.31. The van der Waals surface area contributed by atoms with Crippen molar-refractivity contribution in [3.8, 4) is 17.7 Å². The molecule has 0 saturated heterocycles. The first-order valence-electron chi connectivity index (χ1n) is 5.12. The van der Waals surface area contributed by atoms with Crippen LogP contribution in [-0.2, 0) is 5.88 Å². The predicted molar refractivity (Wildman–Crippen MR) is 65.0 cm³/mol. The number of nitriles is 1. The summed E-state index contributed by atoms with van der Waals surface area (Å²) >= 11 is 5.63. The number of alkyl halides is 1. The van der Waals surface area contributed by atoms with Crippen LogP contribution in [0.15, 0.2) is 36.5 Å². The molecule has 0 saturated carbocycles. The van der Waals surface area contributed by atoms with Gasteiger partial charge in [-0.25, -0.2) is 9.37 Å². The van der Waals surface area contributed by atoms with Gasteiger partial charge in [0.1, 0.15) is 23.2 Å². The van der Waals surface area contributed by atoms with Gasteiger partial charge in [0.2, 0.25) is 5.88 Å². The van der Waals surface area contributed by atoms with Crippen molar-refractivity contribution in [2.75, 3.05) is 0 Å². The maximum Gasteiger partial charge on any atom is 0.219 e. The molecule has 2 aromatic rings. The highest BCUT2D eigenvalue weighted by atomic mass is 35.5. The second-order valence-electron chi connectivity index (χ2n) is 3.47. The third kappa shape index (κ3) is 2.58. The van der Waals surface area contributed by atoms with Crippen LogP contribution in [0, 0.1) is 17.1 Å². The number of ether oxygens (including phenoxy) is 1. The molecule has 0 atom stereocenters. The van der Waals surface area contributed by atoms with Crippen LogP contribution in [0.25, 0.3) is 0 Å². The van der Waals surface area contributed by atoms with Gasteiger partial charge in [-0.3, -0.25) is 0 Å². The molecular formula is C13H8ClFN2O. The molecule has 1 aromatic heterocycles. The number of hydrogen-bond donors (Lipinski definition) is 0. The lowest BCUT2D eigenvalue weighted by molar-refractivity contribution is 0.456. The van der Waals surface area contributed by atoms with Crippen LogP contribution in [0.4, 0.5) is 4.39 Å². The minimum Gasteiger partial charge on any atom is -0.438 e. The fraction of sp³-hybridized carbons (Fsp3) is 0.0769. The normalized spacial score (nSPS) is 9.83. The van der Waals surface area contributed by atoms with Crippen molar-refractivity contribution in [3.05, 3.63) is 53.5 Å². The highest BCUT2D eigenvalue weighted by Gasteiger charge is 2.10. The number of benzene rings is 1. The molecule has 2 rings (SSSR count). The van der Waals surface area contributed by atoms with Crippen LogP contribution >= 0.6 is 11.6 Å². The van der Waals surface area contributed by atoms with E-state index in [0.29, 0.717) is 5.88 Å². The zero-order chi connectivity index (χ0) is 13.0. The molecule has 1 heterocycles. The van der Waals surface area contributed by atoms with E-state index in [0.717, 1.165) is 5.56 Å². The number of nitrogens with zero attached hydrogens (tertiary/aromatic N) is 2. The van der Waals surface area contributed by atoms with Gasteiger partial charge in [0.25, 0.3) is 0 Å². The molecule has 0 radical (unpaired) electrons. The van der Waals surface area contributed by atoms with Gasteiger partial charge in [-0.1, -0.05) is 12.1 Å². The SMILES string of the molecule is N#Cc1c(F)cccc1Oc1ccc(CCl)cn1. The van der Waals surface area contributed by atoms with Gasteiger partial charge in [-0.2, -0.15) is 5.26 Å². The van der Waals surface area contributed by atoms with E-state index in [2.05, 4.69) is 4.98 Å². The number of aromatic nitrogens is 1. The van der Waals surface area contributed by atoms with Gasteiger partial charge >= 0.3 is 0 Å². The van der Waals surface area contributed by atoms with E-state index in [1.807, 2.05) is 0 Å². The quantitative estimate of drug-likeness (QED) is 0.794. The zero-order valence-electron chi connectivity index (χ0n) is 9.23. The zero-order valence-corrected chi connectivity index (χ0v) is 9.99. The standard InChI is InChI=1S/C13H8ClFN2O/c14-6-9-4-5-13(17-8-9)18-12-3-1-2-11(15)10(12)7-16/h1-5,8H,6H2. The summed E-state index contributed by atoms with van der Waals surface area (Å²) in [5.74, 6) is 0.165. The van der Waals surface area contributed by atoms with Crippen LogP contribution in [0.2, 0.25) is 0 Å². The molecule has 0 unspecified atom stereocenters. The number of hydrogen-bond acceptors (Lipinski definition) is 3. The van der Waals surface area contributed by atoms with Gasteiger partial charge in [0, 0.05) is 18.1 Å². The van der Waals surface area contributed by atoms with Crippen LogP contribution in [0.1, 0.15) is 11.1 Å². The number of rotatable bonds is 3. The van der Waals surface area contributed by atoms with Crippen LogP contribution in [0.5, 0.6) is 11.6 Å². The fourth-order valence-corrected chi connectivity index (χ4v) is 1.52. The molecule has 0 aliphatic rings. The lowest BCUT2D eigenvalue weighted by atomic mass is 10.2. The molecule has 0 bridgehead atoms. The molecule has 0 N–H and O–H groups in total. The summed E-state index contributed by atoms with van der Waals surface area (Å²) in [6.07, 6.45) is 1.56. The van der Waals surface area contributed by atoms with Gasteiger partial charge in [-0.15, -0.1) is 11.6 Å². The molecule has 0 amide bonds. The Kier molecular flexibility index (Phi) is 3.75. The van der Waals surface area contributed by atoms with Crippen LogP contribution in [0.3, 0.4) is 0 Å². The minimum atomic E-state index is -0.618. The van der Waals surface area contributed by atoms with E-state index in [4.69, 9.17) is 21.6 Å². The van der Waals surface area contributed by atoms with Crippen molar-refractivity contribution in [2.24, 2.45) is 0 Å². The van der Waals surface area contributed by atoms with Gasteiger partial charge in [0.05, 0.1) is 0 Å². The molecule has 5 heteroatoms. The summed E-state index contributed by atoms with van der Waals surface area (Å²) in [4.78, 5) is 4.01. The molecule has 90 valence electrons. The van der Waals surface area contributed by atoms with E-state index in [-0.39, 0.29) is 17.2 Å². The first-order valence-corrected chi connectivity index (χ1v) is 5.65. The second-order valence-corrected chi connectivity index (χ2v) is 3.73. The maximum absolute atomic E-state index is 13.3. The summed E-state index contributed by atoms with van der Waals surface area (Å²) in [5.41, 5.74) is 0.712. The van der Waals surface area contributed by atoms with Gasteiger partial charge in [-0.05, 0) is 17.7 Å². The highest BCUT2D eigenvalue weighted by molar-refractivity contribution is 6.17. The lowest BCUT2D eigenvalue weighted by Gasteiger charge is -2.06. The van der Waals surface area contributed by atoms with E-state index in [1.54, 1.807) is 24.4 Å². The van der Waals surface area contributed by atoms with Crippen molar-refractivity contribution in [1.29, 1.82) is 5.26 Å². The Bertz CT molecular complexity index is 593. The maximum atomic E-state index is 13.3. The van der Waals surface area contributed by atoms with E-state index < -0.39 is 5.82 Å². The summed E-state index contributed by atoms with van der Waals surface area (Å²) < 4.78 is 18.7. The largest absolute Gasteiger partial charge is 0.438 e. The monoisotopic (exact) mass is 262 g/mol. The molecule has 0 spiro atoms. The van der Waals surface area contributed by atoms with Crippen LogP contribution < -0.4 is 4.74 Å². The number of halogens is 2. The minimum absolute atomic E-state index is 0.138. The fourth-order valence-electron chi connectivity index (χ4n) is 1.36. The molecular weight excluding hydrogens is 255 g/mol. The van der Waals surface area contributed by atoms with E-state index in [1.165, 1.54) is 18.2 Å². The van der Waals surface area contributed by atoms with Crippen LogP contribution in [-0.4, -0.2) is 4.98 Å². The Morgan fingerprint density at radius 3 is 2.78 bits per heavy atom. The molecule has 18 heavy (non-hydrogen) atoms. The lowest BCUT2D eigenvalue weighted by Crippen LogP contribution is -1.93. The Labute approximate surface area is 108 Å². The Morgan fingerprint density at radius 1 is 1.33 bits per heavy atom. The average molecular weight is 263 g/mol.